The van der Waals surface area contributed by atoms with Gasteiger partial charge in [0.05, 0.1) is 11.5 Å². The Hall–Kier alpha value is -2.44. The Bertz CT molecular complexity index is 842. The lowest BCUT2D eigenvalue weighted by Crippen LogP contribution is -2.32. The summed E-state index contributed by atoms with van der Waals surface area (Å²) in [7, 11) is 0. The van der Waals surface area contributed by atoms with Gasteiger partial charge in [0, 0.05) is 18.3 Å². The monoisotopic (exact) mass is 340 g/mol. The minimum absolute atomic E-state index is 0.0260. The fourth-order valence-corrected chi connectivity index (χ4v) is 3.51. The van der Waals surface area contributed by atoms with Crippen molar-refractivity contribution in [2.24, 2.45) is 0 Å². The number of hydrogen-bond donors (Lipinski definition) is 0. The number of carbonyl (C=O) groups excluding carboxylic acids is 1. The predicted molar refractivity (Wildman–Crippen MR) is 92.0 cm³/mol. The number of carbonyl (C=O) groups is 1. The van der Waals surface area contributed by atoms with Crippen LogP contribution in [0.25, 0.3) is 10.6 Å². The van der Waals surface area contributed by atoms with Crippen LogP contribution < -0.4 is 4.90 Å². The van der Waals surface area contributed by atoms with Crippen molar-refractivity contribution in [3.05, 3.63) is 59.1 Å². The molecular weight excluding hydrogens is 324 g/mol. The maximum Gasteiger partial charge on any atom is 0.253 e. The summed E-state index contributed by atoms with van der Waals surface area (Å²) in [5.74, 6) is 0.699. The van der Waals surface area contributed by atoms with E-state index in [0.717, 1.165) is 22.7 Å². The Morgan fingerprint density at radius 2 is 2.21 bits per heavy atom. The highest BCUT2D eigenvalue weighted by molar-refractivity contribution is 7.13. The lowest BCUT2D eigenvalue weighted by molar-refractivity contribution is -0.123. The highest BCUT2D eigenvalue weighted by Crippen LogP contribution is 2.28. The van der Waals surface area contributed by atoms with Crippen LogP contribution in [0, 0.1) is 0 Å². The molecular formula is C18H16N2O3S. The van der Waals surface area contributed by atoms with E-state index in [1.165, 1.54) is 5.56 Å². The van der Waals surface area contributed by atoms with E-state index in [4.69, 9.17) is 9.26 Å². The Labute approximate surface area is 143 Å². The Morgan fingerprint density at radius 1 is 1.29 bits per heavy atom. The minimum atomic E-state index is -0.0260. The molecule has 3 aromatic rings. The van der Waals surface area contributed by atoms with E-state index in [2.05, 4.69) is 11.2 Å². The molecule has 5 nitrogen and oxygen atoms in total. The summed E-state index contributed by atoms with van der Waals surface area (Å²) < 4.78 is 10.8. The van der Waals surface area contributed by atoms with Gasteiger partial charge in [0.1, 0.15) is 12.3 Å². The smallest absolute Gasteiger partial charge is 0.253 e. The van der Waals surface area contributed by atoms with Gasteiger partial charge in [-0.15, -0.1) is 11.3 Å². The van der Waals surface area contributed by atoms with Crippen LogP contribution in [0.5, 0.6) is 0 Å². The van der Waals surface area contributed by atoms with Gasteiger partial charge in [-0.05, 0) is 29.5 Å². The van der Waals surface area contributed by atoms with Crippen LogP contribution in [0.15, 0.2) is 52.4 Å². The molecule has 122 valence electrons. The number of fused-ring (bicyclic) bond motifs is 1. The van der Waals surface area contributed by atoms with E-state index in [0.29, 0.717) is 12.2 Å². The predicted octanol–water partition coefficient (Wildman–Crippen LogP) is 3.51. The molecule has 0 saturated heterocycles. The van der Waals surface area contributed by atoms with Gasteiger partial charge in [-0.25, -0.2) is 0 Å². The van der Waals surface area contributed by atoms with Gasteiger partial charge in [0.15, 0.2) is 5.76 Å². The van der Waals surface area contributed by atoms with E-state index >= 15 is 0 Å². The summed E-state index contributed by atoms with van der Waals surface area (Å²) in [5, 5.41) is 5.97. The number of anilines is 1. The molecule has 1 amide bonds. The third kappa shape index (κ3) is 2.98. The van der Waals surface area contributed by atoms with Gasteiger partial charge in [-0.2, -0.15) is 0 Å². The van der Waals surface area contributed by atoms with Crippen molar-refractivity contribution in [1.82, 2.24) is 5.16 Å². The minimum Gasteiger partial charge on any atom is -0.365 e. The molecule has 2 aromatic heterocycles. The molecule has 24 heavy (non-hydrogen) atoms. The SMILES string of the molecule is O=C(COCc1cc(-c2cccs2)on1)N1CCc2ccccc21. The molecule has 0 N–H and O–H groups in total. The molecule has 0 radical (unpaired) electrons. The molecule has 1 aliphatic rings. The number of amides is 1. The first-order chi connectivity index (χ1) is 11.8. The number of thiophene rings is 1. The molecule has 1 aromatic carbocycles. The summed E-state index contributed by atoms with van der Waals surface area (Å²) >= 11 is 1.59. The second-order valence-electron chi connectivity index (χ2n) is 5.58. The van der Waals surface area contributed by atoms with Crippen molar-refractivity contribution in [2.45, 2.75) is 13.0 Å². The van der Waals surface area contributed by atoms with Crippen LogP contribution in [-0.4, -0.2) is 24.2 Å². The van der Waals surface area contributed by atoms with Crippen molar-refractivity contribution in [3.63, 3.8) is 0 Å². The van der Waals surface area contributed by atoms with Crippen LogP contribution >= 0.6 is 11.3 Å². The zero-order valence-electron chi connectivity index (χ0n) is 13.0. The molecule has 0 bridgehead atoms. The highest BCUT2D eigenvalue weighted by Gasteiger charge is 2.24. The zero-order chi connectivity index (χ0) is 16.4. The van der Waals surface area contributed by atoms with E-state index < -0.39 is 0 Å². The maximum absolute atomic E-state index is 12.3. The van der Waals surface area contributed by atoms with E-state index in [1.807, 2.05) is 41.8 Å². The molecule has 4 rings (SSSR count). The molecule has 6 heteroatoms. The van der Waals surface area contributed by atoms with Gasteiger partial charge >= 0.3 is 0 Å². The number of benzene rings is 1. The van der Waals surface area contributed by atoms with Gasteiger partial charge in [-0.3, -0.25) is 4.79 Å². The number of nitrogens with zero attached hydrogens (tertiary/aromatic N) is 2. The second kappa shape index (κ2) is 6.59. The van der Waals surface area contributed by atoms with Gasteiger partial charge in [0.25, 0.3) is 5.91 Å². The maximum atomic E-state index is 12.3. The lowest BCUT2D eigenvalue weighted by Gasteiger charge is -2.16. The van der Waals surface area contributed by atoms with E-state index in [1.54, 1.807) is 16.2 Å². The number of aromatic nitrogens is 1. The number of rotatable bonds is 5. The van der Waals surface area contributed by atoms with Crippen molar-refractivity contribution < 1.29 is 14.1 Å². The average Bonchev–Trinajstić information content (AvgIpc) is 3.34. The first-order valence-electron chi connectivity index (χ1n) is 7.77. The van der Waals surface area contributed by atoms with E-state index in [9.17, 15) is 4.79 Å². The summed E-state index contributed by atoms with van der Waals surface area (Å²) in [6, 6.07) is 13.8. The first kappa shape index (κ1) is 15.1. The van der Waals surface area contributed by atoms with Crippen molar-refractivity contribution in [3.8, 4) is 10.6 Å². The molecule has 0 saturated carbocycles. The standard InChI is InChI=1S/C18H16N2O3S/c21-18(20-8-7-13-4-1-2-5-15(13)20)12-22-11-14-10-16(23-19-14)17-6-3-9-24-17/h1-6,9-10H,7-8,11-12H2. The highest BCUT2D eigenvalue weighted by atomic mass is 32.1. The normalized spacial score (nSPS) is 13.2. The van der Waals surface area contributed by atoms with Crippen LogP contribution in [0.4, 0.5) is 5.69 Å². The average molecular weight is 340 g/mol. The van der Waals surface area contributed by atoms with Crippen LogP contribution in [0.1, 0.15) is 11.3 Å². The van der Waals surface area contributed by atoms with Crippen molar-refractivity contribution in [1.29, 1.82) is 0 Å². The molecule has 0 aliphatic carbocycles. The number of para-hydroxylation sites is 1. The third-order valence-electron chi connectivity index (χ3n) is 3.99. The lowest BCUT2D eigenvalue weighted by atomic mass is 10.2. The van der Waals surface area contributed by atoms with Crippen LogP contribution in [0.2, 0.25) is 0 Å². The van der Waals surface area contributed by atoms with Gasteiger partial charge < -0.3 is 14.2 Å². The number of hydrogen-bond acceptors (Lipinski definition) is 5. The summed E-state index contributed by atoms with van der Waals surface area (Å²) in [6.07, 6.45) is 0.898. The quantitative estimate of drug-likeness (QED) is 0.713. The second-order valence-corrected chi connectivity index (χ2v) is 6.52. The topological polar surface area (TPSA) is 55.6 Å². The zero-order valence-corrected chi connectivity index (χ0v) is 13.8. The summed E-state index contributed by atoms with van der Waals surface area (Å²) in [6.45, 7) is 1.01. The van der Waals surface area contributed by atoms with Crippen molar-refractivity contribution >= 4 is 22.9 Å². The largest absolute Gasteiger partial charge is 0.365 e. The molecule has 0 atom stereocenters. The van der Waals surface area contributed by atoms with Gasteiger partial charge in [-0.1, -0.05) is 29.4 Å². The molecule has 3 heterocycles. The molecule has 0 unspecified atom stereocenters. The number of ether oxygens (including phenoxy) is 1. The fraction of sp³-hybridized carbons (Fsp3) is 0.222. The van der Waals surface area contributed by atoms with Crippen LogP contribution in [-0.2, 0) is 22.6 Å². The van der Waals surface area contributed by atoms with Crippen molar-refractivity contribution in [2.75, 3.05) is 18.1 Å². The molecule has 0 spiro atoms. The van der Waals surface area contributed by atoms with Crippen LogP contribution in [0.3, 0.4) is 0 Å². The fourth-order valence-electron chi connectivity index (χ4n) is 2.83. The first-order valence-corrected chi connectivity index (χ1v) is 8.65. The Morgan fingerprint density at radius 3 is 3.08 bits per heavy atom. The molecule has 1 aliphatic heterocycles. The Kier molecular flexibility index (Phi) is 4.15. The Balaban J connectivity index is 1.32. The summed E-state index contributed by atoms with van der Waals surface area (Å²) in [5.41, 5.74) is 2.89. The third-order valence-corrected chi connectivity index (χ3v) is 4.87. The molecule has 0 fully saturated rings. The summed E-state index contributed by atoms with van der Waals surface area (Å²) in [4.78, 5) is 15.2. The van der Waals surface area contributed by atoms with E-state index in [-0.39, 0.29) is 19.1 Å². The van der Waals surface area contributed by atoms with Gasteiger partial charge in [0.2, 0.25) is 0 Å².